The van der Waals surface area contributed by atoms with Crippen LogP contribution in [0.5, 0.6) is 5.75 Å². The van der Waals surface area contributed by atoms with Crippen molar-refractivity contribution in [1.82, 2.24) is 5.16 Å². The zero-order valence-corrected chi connectivity index (χ0v) is 16.9. The molecule has 0 spiro atoms. The summed E-state index contributed by atoms with van der Waals surface area (Å²) < 4.78 is 39.2. The number of anilines is 1. The Bertz CT molecular complexity index is 1090. The number of nitrogens with one attached hydrogen (secondary N) is 1. The molecule has 0 bridgehead atoms. The van der Waals surface area contributed by atoms with Crippen LogP contribution >= 0.6 is 11.6 Å². The lowest BCUT2D eigenvalue weighted by Gasteiger charge is -2.14. The van der Waals surface area contributed by atoms with Crippen molar-refractivity contribution in [2.45, 2.75) is 25.7 Å². The van der Waals surface area contributed by atoms with Gasteiger partial charge in [-0.2, -0.15) is 0 Å². The fourth-order valence-corrected chi connectivity index (χ4v) is 4.33. The first-order valence-electron chi connectivity index (χ1n) is 8.13. The summed E-state index contributed by atoms with van der Waals surface area (Å²) in [4.78, 5) is 0.0156. The van der Waals surface area contributed by atoms with Crippen LogP contribution in [0, 0.1) is 20.8 Å². The predicted octanol–water partition coefficient (Wildman–Crippen LogP) is 4.73. The van der Waals surface area contributed by atoms with E-state index < -0.39 is 10.0 Å². The first-order chi connectivity index (χ1) is 12.7. The molecule has 0 unspecified atom stereocenters. The molecule has 0 fully saturated rings. The molecule has 8 heteroatoms. The highest BCUT2D eigenvalue weighted by Gasteiger charge is 2.23. The van der Waals surface area contributed by atoms with Crippen molar-refractivity contribution >= 4 is 27.3 Å². The maximum atomic E-state index is 13.1. The lowest BCUT2D eigenvalue weighted by atomic mass is 10.0. The van der Waals surface area contributed by atoms with Crippen LogP contribution in [-0.4, -0.2) is 20.7 Å². The van der Waals surface area contributed by atoms with E-state index in [2.05, 4.69) is 9.88 Å². The molecule has 3 aromatic rings. The number of aromatic nitrogens is 1. The Morgan fingerprint density at radius 2 is 1.85 bits per heavy atom. The molecule has 0 aliphatic heterocycles. The van der Waals surface area contributed by atoms with Gasteiger partial charge in [0, 0.05) is 10.6 Å². The van der Waals surface area contributed by atoms with Crippen LogP contribution in [0.2, 0.25) is 5.02 Å². The van der Waals surface area contributed by atoms with Crippen molar-refractivity contribution in [2.75, 3.05) is 11.8 Å². The van der Waals surface area contributed by atoms with Crippen LogP contribution in [0.1, 0.15) is 17.0 Å². The van der Waals surface area contributed by atoms with Gasteiger partial charge in [-0.15, -0.1) is 0 Å². The molecule has 0 radical (unpaired) electrons. The van der Waals surface area contributed by atoms with Crippen LogP contribution in [0.3, 0.4) is 0 Å². The molecule has 0 saturated heterocycles. The summed E-state index contributed by atoms with van der Waals surface area (Å²) >= 11 is 6.00. The Labute approximate surface area is 163 Å². The maximum Gasteiger partial charge on any atom is 0.265 e. The highest BCUT2D eigenvalue weighted by Crippen LogP contribution is 2.34. The van der Waals surface area contributed by atoms with Gasteiger partial charge in [-0.25, -0.2) is 8.42 Å². The van der Waals surface area contributed by atoms with E-state index >= 15 is 0 Å². The Kier molecular flexibility index (Phi) is 5.17. The number of hydrogen-bond acceptors (Lipinski definition) is 5. The normalized spacial score (nSPS) is 11.4. The standard InChI is InChI=1S/C19H19ClN2O4S/c1-11-5-7-15(20)10-16(11)22-27(23,24)18-9-14(6-8-17(18)25-4)19-12(2)21-26-13(19)3/h5-10,22H,1-4H3. The monoisotopic (exact) mass is 406 g/mol. The van der Waals surface area contributed by atoms with Crippen LogP contribution in [-0.2, 0) is 10.0 Å². The van der Waals surface area contributed by atoms with Crippen molar-refractivity contribution < 1.29 is 17.7 Å². The molecular formula is C19H19ClN2O4S. The van der Waals surface area contributed by atoms with Gasteiger partial charge in [0.05, 0.1) is 18.5 Å². The molecule has 2 aromatic carbocycles. The zero-order valence-electron chi connectivity index (χ0n) is 15.3. The highest BCUT2D eigenvalue weighted by atomic mass is 35.5. The minimum Gasteiger partial charge on any atom is -0.495 e. The van der Waals surface area contributed by atoms with Gasteiger partial charge in [0.1, 0.15) is 16.4 Å². The average molecular weight is 407 g/mol. The smallest absolute Gasteiger partial charge is 0.265 e. The molecule has 1 N–H and O–H groups in total. The predicted molar refractivity (Wildman–Crippen MR) is 105 cm³/mol. The molecule has 142 valence electrons. The SMILES string of the molecule is COc1ccc(-c2c(C)noc2C)cc1S(=O)(=O)Nc1cc(Cl)ccc1C. The van der Waals surface area contributed by atoms with E-state index in [9.17, 15) is 8.42 Å². The van der Waals surface area contributed by atoms with E-state index in [0.717, 1.165) is 11.1 Å². The van der Waals surface area contributed by atoms with Gasteiger partial charge < -0.3 is 9.26 Å². The molecule has 1 aromatic heterocycles. The maximum absolute atomic E-state index is 13.1. The molecule has 0 aliphatic rings. The highest BCUT2D eigenvalue weighted by molar-refractivity contribution is 7.92. The van der Waals surface area contributed by atoms with E-state index in [4.69, 9.17) is 20.9 Å². The molecule has 0 amide bonds. The van der Waals surface area contributed by atoms with Crippen molar-refractivity contribution in [1.29, 1.82) is 0 Å². The number of methoxy groups -OCH3 is 1. The summed E-state index contributed by atoms with van der Waals surface area (Å²) in [5, 5.41) is 4.37. The lowest BCUT2D eigenvalue weighted by Crippen LogP contribution is -2.15. The average Bonchev–Trinajstić information content (AvgIpc) is 2.96. The van der Waals surface area contributed by atoms with Gasteiger partial charge in [-0.05, 0) is 56.2 Å². The third-order valence-corrected chi connectivity index (χ3v) is 5.84. The number of halogens is 1. The fourth-order valence-electron chi connectivity index (χ4n) is 2.84. The van der Waals surface area contributed by atoms with E-state index in [1.165, 1.54) is 7.11 Å². The minimum atomic E-state index is -3.92. The first kappa shape index (κ1) is 19.3. The second kappa shape index (κ2) is 7.25. The number of ether oxygens (including phenoxy) is 1. The number of benzene rings is 2. The van der Waals surface area contributed by atoms with Crippen LogP contribution < -0.4 is 9.46 Å². The van der Waals surface area contributed by atoms with Crippen molar-refractivity contribution in [2.24, 2.45) is 0 Å². The summed E-state index contributed by atoms with van der Waals surface area (Å²) in [6.07, 6.45) is 0. The molecule has 27 heavy (non-hydrogen) atoms. The Morgan fingerprint density at radius 1 is 1.11 bits per heavy atom. The third-order valence-electron chi connectivity index (χ3n) is 4.22. The van der Waals surface area contributed by atoms with E-state index in [0.29, 0.717) is 27.7 Å². The topological polar surface area (TPSA) is 81.4 Å². The quantitative estimate of drug-likeness (QED) is 0.662. The summed E-state index contributed by atoms with van der Waals surface area (Å²) in [5.74, 6) is 0.845. The molecule has 0 aliphatic carbocycles. The Balaban J connectivity index is 2.11. The van der Waals surface area contributed by atoms with Crippen molar-refractivity contribution in [3.63, 3.8) is 0 Å². The van der Waals surface area contributed by atoms with Gasteiger partial charge in [0.25, 0.3) is 10.0 Å². The molecule has 6 nitrogen and oxygen atoms in total. The van der Waals surface area contributed by atoms with Gasteiger partial charge >= 0.3 is 0 Å². The molecular weight excluding hydrogens is 388 g/mol. The van der Waals surface area contributed by atoms with E-state index in [1.54, 1.807) is 57.2 Å². The van der Waals surface area contributed by atoms with Crippen molar-refractivity contribution in [3.8, 4) is 16.9 Å². The van der Waals surface area contributed by atoms with Gasteiger partial charge in [-0.1, -0.05) is 28.9 Å². The number of sulfonamides is 1. The van der Waals surface area contributed by atoms with Gasteiger partial charge in [0.15, 0.2) is 0 Å². The number of rotatable bonds is 5. The summed E-state index contributed by atoms with van der Waals surface area (Å²) in [5.41, 5.74) is 3.28. The second-order valence-electron chi connectivity index (χ2n) is 6.13. The lowest BCUT2D eigenvalue weighted by molar-refractivity contribution is 0.393. The van der Waals surface area contributed by atoms with Gasteiger partial charge in [-0.3, -0.25) is 4.72 Å². The first-order valence-corrected chi connectivity index (χ1v) is 9.99. The molecule has 0 saturated carbocycles. The van der Waals surface area contributed by atoms with Crippen LogP contribution in [0.15, 0.2) is 45.8 Å². The summed E-state index contributed by atoms with van der Waals surface area (Å²) in [6.45, 7) is 5.38. The summed E-state index contributed by atoms with van der Waals surface area (Å²) in [6, 6.07) is 9.95. The fraction of sp³-hybridized carbons (Fsp3) is 0.211. The molecule has 3 rings (SSSR count). The number of nitrogens with zero attached hydrogens (tertiary/aromatic N) is 1. The largest absolute Gasteiger partial charge is 0.495 e. The van der Waals surface area contributed by atoms with Crippen LogP contribution in [0.25, 0.3) is 11.1 Å². The molecule has 1 heterocycles. The minimum absolute atomic E-state index is 0.0156. The van der Waals surface area contributed by atoms with E-state index in [1.807, 2.05) is 0 Å². The zero-order chi connectivity index (χ0) is 19.8. The number of hydrogen-bond donors (Lipinski definition) is 1. The van der Waals surface area contributed by atoms with Gasteiger partial charge in [0.2, 0.25) is 0 Å². The summed E-state index contributed by atoms with van der Waals surface area (Å²) in [7, 11) is -2.49. The third kappa shape index (κ3) is 3.79. The molecule has 0 atom stereocenters. The Hall–Kier alpha value is -2.51. The van der Waals surface area contributed by atoms with Crippen LogP contribution in [0.4, 0.5) is 5.69 Å². The Morgan fingerprint density at radius 3 is 2.48 bits per heavy atom. The van der Waals surface area contributed by atoms with E-state index in [-0.39, 0.29) is 10.6 Å². The number of aryl methyl sites for hydroxylation is 3. The second-order valence-corrected chi connectivity index (χ2v) is 8.22. The van der Waals surface area contributed by atoms with Crippen molar-refractivity contribution in [3.05, 3.63) is 58.4 Å².